The van der Waals surface area contributed by atoms with Crippen LogP contribution in [0.4, 0.5) is 0 Å². The van der Waals surface area contributed by atoms with Gasteiger partial charge in [0.15, 0.2) is 0 Å². The van der Waals surface area contributed by atoms with Gasteiger partial charge in [-0.05, 0) is 25.3 Å². The number of aromatic nitrogens is 2. The number of rotatable bonds is 2. The maximum Gasteiger partial charge on any atom is 0.270 e. The van der Waals surface area contributed by atoms with E-state index in [9.17, 15) is 9.59 Å². The monoisotopic (exact) mass is 303 g/mol. The van der Waals surface area contributed by atoms with Crippen LogP contribution in [0.25, 0.3) is 0 Å². The highest BCUT2D eigenvalue weighted by molar-refractivity contribution is 6.39. The summed E-state index contributed by atoms with van der Waals surface area (Å²) in [6.07, 6.45) is 6.63. The molecule has 1 fully saturated rings. The number of hydrazone groups is 1. The van der Waals surface area contributed by atoms with E-state index in [1.54, 1.807) is 7.05 Å². The van der Waals surface area contributed by atoms with Crippen molar-refractivity contribution in [3.8, 4) is 0 Å². The number of aryl methyl sites for hydroxylation is 1. The number of amides is 2. The molecule has 3 heterocycles. The largest absolute Gasteiger partial charge is 0.335 e. The first-order chi connectivity index (χ1) is 10.5. The van der Waals surface area contributed by atoms with Gasteiger partial charge in [0, 0.05) is 39.2 Å². The smallest absolute Gasteiger partial charge is 0.270 e. The van der Waals surface area contributed by atoms with Gasteiger partial charge >= 0.3 is 0 Å². The number of carbonyl (C=O) groups is 2. The minimum absolute atomic E-state index is 0.0416. The van der Waals surface area contributed by atoms with Gasteiger partial charge in [-0.2, -0.15) is 10.2 Å². The second kappa shape index (κ2) is 5.90. The second-order valence-electron chi connectivity index (χ2n) is 6.01. The summed E-state index contributed by atoms with van der Waals surface area (Å²) in [4.78, 5) is 25.9. The van der Waals surface area contributed by atoms with Crippen molar-refractivity contribution >= 4 is 17.5 Å². The molecule has 2 aliphatic rings. The lowest BCUT2D eigenvalue weighted by Gasteiger charge is -2.33. The predicted molar refractivity (Wildman–Crippen MR) is 81.3 cm³/mol. The van der Waals surface area contributed by atoms with Crippen molar-refractivity contribution in [3.05, 3.63) is 18.0 Å². The Morgan fingerprint density at radius 1 is 1.36 bits per heavy atom. The Morgan fingerprint density at radius 3 is 2.86 bits per heavy atom. The van der Waals surface area contributed by atoms with Gasteiger partial charge in [0.25, 0.3) is 5.91 Å². The molecule has 0 aliphatic carbocycles. The first kappa shape index (κ1) is 14.7. The third kappa shape index (κ3) is 2.88. The van der Waals surface area contributed by atoms with Crippen molar-refractivity contribution in [2.75, 3.05) is 20.1 Å². The lowest BCUT2D eigenvalue weighted by Crippen LogP contribution is -2.45. The second-order valence-corrected chi connectivity index (χ2v) is 6.01. The third-order valence-corrected chi connectivity index (χ3v) is 4.24. The number of likely N-dealkylation sites (tertiary alicyclic amines) is 1. The first-order valence-electron chi connectivity index (χ1n) is 7.68. The molecular weight excluding hydrogens is 282 g/mol. The average Bonchev–Trinajstić information content (AvgIpc) is 2.96. The molecule has 2 amide bonds. The van der Waals surface area contributed by atoms with Crippen molar-refractivity contribution in [3.63, 3.8) is 0 Å². The molecule has 0 N–H and O–H groups in total. The van der Waals surface area contributed by atoms with Crippen molar-refractivity contribution in [1.82, 2.24) is 19.7 Å². The van der Waals surface area contributed by atoms with Crippen LogP contribution in [0.3, 0.4) is 0 Å². The summed E-state index contributed by atoms with van der Waals surface area (Å²) in [7, 11) is 1.60. The molecule has 0 saturated carbocycles. The van der Waals surface area contributed by atoms with Gasteiger partial charge in [0.1, 0.15) is 5.71 Å². The molecule has 7 nitrogen and oxygen atoms in total. The number of piperidine rings is 1. The van der Waals surface area contributed by atoms with Crippen molar-refractivity contribution < 1.29 is 9.59 Å². The summed E-state index contributed by atoms with van der Waals surface area (Å²) in [5.41, 5.74) is 1.61. The number of carbonyl (C=O) groups excluding carboxylic acids is 2. The minimum atomic E-state index is -0.0482. The quantitative estimate of drug-likeness (QED) is 0.817. The number of hydrogen-bond donors (Lipinski definition) is 0. The van der Waals surface area contributed by atoms with E-state index in [0.29, 0.717) is 25.1 Å². The van der Waals surface area contributed by atoms with E-state index in [0.717, 1.165) is 24.9 Å². The molecule has 1 saturated heterocycles. The molecule has 2 aliphatic heterocycles. The topological polar surface area (TPSA) is 70.8 Å². The molecule has 118 valence electrons. The van der Waals surface area contributed by atoms with Crippen LogP contribution in [0.2, 0.25) is 0 Å². The first-order valence-corrected chi connectivity index (χ1v) is 7.68. The van der Waals surface area contributed by atoms with E-state index in [-0.39, 0.29) is 17.9 Å². The summed E-state index contributed by atoms with van der Waals surface area (Å²) in [5.74, 6) is -0.0898. The normalized spacial score (nSPS) is 22.7. The van der Waals surface area contributed by atoms with Crippen LogP contribution < -0.4 is 0 Å². The number of hydrogen-bond acceptors (Lipinski definition) is 4. The summed E-state index contributed by atoms with van der Waals surface area (Å²) < 4.78 is 1.95. The van der Waals surface area contributed by atoms with Crippen molar-refractivity contribution in [1.29, 1.82) is 0 Å². The zero-order valence-corrected chi connectivity index (χ0v) is 13.0. The zero-order valence-electron chi connectivity index (χ0n) is 13.0. The molecule has 1 aromatic heterocycles. The van der Waals surface area contributed by atoms with E-state index in [1.807, 2.05) is 28.9 Å². The maximum atomic E-state index is 12.6. The van der Waals surface area contributed by atoms with Gasteiger partial charge in [0.2, 0.25) is 5.91 Å². The fourth-order valence-corrected chi connectivity index (χ4v) is 2.99. The molecule has 1 unspecified atom stereocenters. The van der Waals surface area contributed by atoms with Gasteiger partial charge in [-0.3, -0.25) is 14.3 Å². The maximum absolute atomic E-state index is 12.6. The van der Waals surface area contributed by atoms with E-state index in [1.165, 1.54) is 5.01 Å². The van der Waals surface area contributed by atoms with Gasteiger partial charge in [-0.25, -0.2) is 5.01 Å². The lowest BCUT2D eigenvalue weighted by molar-refractivity contribution is -0.131. The van der Waals surface area contributed by atoms with Crippen LogP contribution in [0.15, 0.2) is 17.5 Å². The highest BCUT2D eigenvalue weighted by Crippen LogP contribution is 2.22. The van der Waals surface area contributed by atoms with E-state index < -0.39 is 0 Å². The van der Waals surface area contributed by atoms with Crippen LogP contribution in [-0.4, -0.2) is 57.4 Å². The molecule has 0 bridgehead atoms. The van der Waals surface area contributed by atoms with Crippen molar-refractivity contribution in [2.45, 2.75) is 38.6 Å². The molecule has 1 atom stereocenters. The van der Waals surface area contributed by atoms with Crippen LogP contribution in [-0.2, 0) is 9.59 Å². The van der Waals surface area contributed by atoms with Gasteiger partial charge in [-0.15, -0.1) is 0 Å². The summed E-state index contributed by atoms with van der Waals surface area (Å²) in [6, 6.07) is 0.218. The van der Waals surface area contributed by atoms with Gasteiger partial charge in [0.05, 0.1) is 12.2 Å². The van der Waals surface area contributed by atoms with Gasteiger partial charge < -0.3 is 4.90 Å². The molecule has 0 aromatic carbocycles. The number of nitrogens with zero attached hydrogens (tertiary/aromatic N) is 5. The predicted octanol–water partition coefficient (Wildman–Crippen LogP) is 0.963. The lowest BCUT2D eigenvalue weighted by atomic mass is 10.0. The van der Waals surface area contributed by atoms with E-state index in [2.05, 4.69) is 10.2 Å². The van der Waals surface area contributed by atoms with Crippen LogP contribution in [0.5, 0.6) is 0 Å². The Labute approximate surface area is 129 Å². The SMILES string of the molecule is Cc1cnn(C2CCCN(C(=O)C3=NN(C)C(=O)CC3)C2)c1. The average molecular weight is 303 g/mol. The molecule has 3 rings (SSSR count). The zero-order chi connectivity index (χ0) is 15.7. The molecule has 0 spiro atoms. The highest BCUT2D eigenvalue weighted by Gasteiger charge is 2.30. The van der Waals surface area contributed by atoms with Crippen molar-refractivity contribution in [2.24, 2.45) is 5.10 Å². The Morgan fingerprint density at radius 2 is 2.18 bits per heavy atom. The summed E-state index contributed by atoms with van der Waals surface area (Å²) >= 11 is 0. The van der Waals surface area contributed by atoms with Crippen LogP contribution in [0, 0.1) is 6.92 Å². The molecule has 0 radical (unpaired) electrons. The van der Waals surface area contributed by atoms with E-state index >= 15 is 0 Å². The van der Waals surface area contributed by atoms with Crippen LogP contribution in [0.1, 0.15) is 37.3 Å². The fraction of sp³-hybridized carbons (Fsp3) is 0.600. The standard InChI is InChI=1S/C15H21N5O2/c1-11-8-16-20(9-11)12-4-3-7-19(10-12)15(22)13-5-6-14(21)18(2)17-13/h8-9,12H,3-7,10H2,1-2H3. The molecule has 22 heavy (non-hydrogen) atoms. The highest BCUT2D eigenvalue weighted by atomic mass is 16.2. The molecule has 1 aromatic rings. The summed E-state index contributed by atoms with van der Waals surface area (Å²) in [5, 5.41) is 9.76. The summed E-state index contributed by atoms with van der Waals surface area (Å²) in [6.45, 7) is 3.40. The van der Waals surface area contributed by atoms with Crippen LogP contribution >= 0.6 is 0 Å². The third-order valence-electron chi connectivity index (χ3n) is 4.24. The van der Waals surface area contributed by atoms with Gasteiger partial charge in [-0.1, -0.05) is 0 Å². The Bertz CT molecular complexity index is 621. The Kier molecular flexibility index (Phi) is 3.96. The fourth-order valence-electron chi connectivity index (χ4n) is 2.99. The molecule has 7 heteroatoms. The Balaban J connectivity index is 1.70. The Hall–Kier alpha value is -2.18. The molecular formula is C15H21N5O2. The minimum Gasteiger partial charge on any atom is -0.335 e. The van der Waals surface area contributed by atoms with E-state index in [4.69, 9.17) is 0 Å².